The van der Waals surface area contributed by atoms with Gasteiger partial charge in [-0.25, -0.2) is 14.8 Å². The van der Waals surface area contributed by atoms with Crippen molar-refractivity contribution in [2.24, 2.45) is 0 Å². The third-order valence-corrected chi connectivity index (χ3v) is 2.72. The highest BCUT2D eigenvalue weighted by molar-refractivity contribution is 5.90. The van der Waals surface area contributed by atoms with Crippen LogP contribution in [0.15, 0.2) is 12.4 Å². The number of nitrogens with zero attached hydrogens (tertiary/aromatic N) is 2. The minimum atomic E-state index is -1.05. The summed E-state index contributed by atoms with van der Waals surface area (Å²) in [6.45, 7) is 2.94. The molecule has 2 N–H and O–H groups in total. The first-order chi connectivity index (χ1) is 8.75. The molecule has 0 fully saturated rings. The first-order valence-corrected chi connectivity index (χ1v) is 6.54. The fourth-order valence-electron chi connectivity index (χ4n) is 1.74. The van der Waals surface area contributed by atoms with Gasteiger partial charge < -0.3 is 10.4 Å². The zero-order valence-corrected chi connectivity index (χ0v) is 10.9. The Morgan fingerprint density at radius 3 is 2.56 bits per heavy atom. The first kappa shape index (κ1) is 14.4. The Balaban J connectivity index is 2.25. The van der Waals surface area contributed by atoms with Crippen LogP contribution in [0.25, 0.3) is 0 Å². The van der Waals surface area contributed by atoms with Crippen molar-refractivity contribution in [3.63, 3.8) is 0 Å². The van der Waals surface area contributed by atoms with E-state index < -0.39 is 5.97 Å². The number of carboxylic acids is 1. The molecule has 18 heavy (non-hydrogen) atoms. The third kappa shape index (κ3) is 5.12. The van der Waals surface area contributed by atoms with E-state index in [9.17, 15) is 4.79 Å². The van der Waals surface area contributed by atoms with Crippen molar-refractivity contribution in [3.05, 3.63) is 18.1 Å². The Kier molecular flexibility index (Phi) is 6.76. The fraction of sp³-hybridized carbons (Fsp3) is 0.615. The number of anilines is 1. The van der Waals surface area contributed by atoms with Gasteiger partial charge in [-0.15, -0.1) is 0 Å². The number of rotatable bonds is 9. The molecule has 0 saturated carbocycles. The van der Waals surface area contributed by atoms with Crippen molar-refractivity contribution in [2.75, 3.05) is 11.9 Å². The molecule has 0 atom stereocenters. The molecule has 100 valence electrons. The van der Waals surface area contributed by atoms with E-state index in [0.717, 1.165) is 19.4 Å². The van der Waals surface area contributed by atoms with E-state index >= 15 is 0 Å². The number of carbonyl (C=O) groups is 1. The number of aromatic nitrogens is 2. The summed E-state index contributed by atoms with van der Waals surface area (Å²) in [6.07, 6.45) is 10.1. The van der Waals surface area contributed by atoms with E-state index in [4.69, 9.17) is 5.11 Å². The van der Waals surface area contributed by atoms with Crippen molar-refractivity contribution >= 4 is 11.8 Å². The Morgan fingerprint density at radius 1 is 1.17 bits per heavy atom. The van der Waals surface area contributed by atoms with Crippen LogP contribution < -0.4 is 5.32 Å². The van der Waals surface area contributed by atoms with Gasteiger partial charge in [-0.2, -0.15) is 0 Å². The average Bonchev–Trinajstić information content (AvgIpc) is 2.38. The van der Waals surface area contributed by atoms with Crippen molar-refractivity contribution in [2.45, 2.75) is 45.4 Å². The van der Waals surface area contributed by atoms with Crippen molar-refractivity contribution in [1.82, 2.24) is 9.97 Å². The van der Waals surface area contributed by atoms with Gasteiger partial charge in [0.2, 0.25) is 0 Å². The Bertz CT molecular complexity index is 369. The van der Waals surface area contributed by atoms with Crippen LogP contribution in [0.5, 0.6) is 0 Å². The van der Waals surface area contributed by atoms with Gasteiger partial charge in [-0.3, -0.25) is 0 Å². The predicted octanol–water partition coefficient (Wildman–Crippen LogP) is 2.95. The van der Waals surface area contributed by atoms with Crippen LogP contribution in [-0.4, -0.2) is 27.6 Å². The monoisotopic (exact) mass is 251 g/mol. The number of carboxylic acid groups (broad SMARTS) is 1. The molecule has 0 spiro atoms. The molecule has 0 aromatic carbocycles. The zero-order chi connectivity index (χ0) is 13.2. The maximum Gasteiger partial charge on any atom is 0.358 e. The van der Waals surface area contributed by atoms with Crippen LogP contribution in [0.2, 0.25) is 0 Å². The van der Waals surface area contributed by atoms with Gasteiger partial charge in [0, 0.05) is 18.9 Å². The molecule has 1 rings (SSSR count). The minimum absolute atomic E-state index is 0.0107. The summed E-state index contributed by atoms with van der Waals surface area (Å²) in [5.41, 5.74) is -0.0107. The van der Waals surface area contributed by atoms with Crippen LogP contribution in [0, 0.1) is 0 Å². The molecule has 0 radical (unpaired) electrons. The lowest BCUT2D eigenvalue weighted by Gasteiger charge is -2.07. The van der Waals surface area contributed by atoms with Gasteiger partial charge in [0.05, 0.1) is 0 Å². The van der Waals surface area contributed by atoms with Crippen molar-refractivity contribution < 1.29 is 9.90 Å². The van der Waals surface area contributed by atoms with E-state index in [2.05, 4.69) is 22.2 Å². The lowest BCUT2D eigenvalue weighted by atomic mass is 10.1. The molecular formula is C13H21N3O2. The molecule has 0 aliphatic heterocycles. The van der Waals surface area contributed by atoms with Gasteiger partial charge in [0.1, 0.15) is 0 Å². The number of nitrogens with one attached hydrogen (secondary N) is 1. The molecule has 5 heteroatoms. The predicted molar refractivity (Wildman–Crippen MR) is 70.9 cm³/mol. The van der Waals surface area contributed by atoms with E-state index in [1.807, 2.05) is 0 Å². The standard InChI is InChI=1S/C13H21N3O2/c1-2-3-4-5-6-7-8-15-12-11(13(17)18)14-9-10-16-12/h9-10H,2-8H2,1H3,(H,15,16)(H,17,18). The maximum absolute atomic E-state index is 10.9. The first-order valence-electron chi connectivity index (χ1n) is 6.54. The lowest BCUT2D eigenvalue weighted by molar-refractivity contribution is 0.0691. The SMILES string of the molecule is CCCCCCCCNc1nccnc1C(=O)O. The summed E-state index contributed by atoms with van der Waals surface area (Å²) < 4.78 is 0. The normalized spacial score (nSPS) is 10.3. The van der Waals surface area contributed by atoms with Gasteiger partial charge >= 0.3 is 5.97 Å². The summed E-state index contributed by atoms with van der Waals surface area (Å²) >= 11 is 0. The number of hydrogen-bond acceptors (Lipinski definition) is 4. The van der Waals surface area contributed by atoms with Crippen molar-refractivity contribution in [1.29, 1.82) is 0 Å². The molecule has 0 unspecified atom stereocenters. The van der Waals surface area contributed by atoms with E-state index in [-0.39, 0.29) is 5.69 Å². The van der Waals surface area contributed by atoms with Gasteiger partial charge in [0.15, 0.2) is 11.5 Å². The van der Waals surface area contributed by atoms with Crippen molar-refractivity contribution in [3.8, 4) is 0 Å². The summed E-state index contributed by atoms with van der Waals surface area (Å²) in [7, 11) is 0. The Hall–Kier alpha value is -1.65. The van der Waals surface area contributed by atoms with E-state index in [0.29, 0.717) is 5.82 Å². The second kappa shape index (κ2) is 8.44. The van der Waals surface area contributed by atoms with Crippen LogP contribution >= 0.6 is 0 Å². The highest BCUT2D eigenvalue weighted by atomic mass is 16.4. The Labute approximate surface area is 108 Å². The molecule has 0 saturated heterocycles. The summed E-state index contributed by atoms with van der Waals surface area (Å²) in [5.74, 6) is -0.688. The fourth-order valence-corrected chi connectivity index (χ4v) is 1.74. The number of unbranched alkanes of at least 4 members (excludes halogenated alkanes) is 5. The van der Waals surface area contributed by atoms with Crippen LogP contribution in [0.4, 0.5) is 5.82 Å². The summed E-state index contributed by atoms with van der Waals surface area (Å²) in [6, 6.07) is 0. The number of hydrogen-bond donors (Lipinski definition) is 2. The highest BCUT2D eigenvalue weighted by Crippen LogP contribution is 2.09. The quantitative estimate of drug-likeness (QED) is 0.660. The van der Waals surface area contributed by atoms with Crippen LogP contribution in [0.1, 0.15) is 55.9 Å². The molecular weight excluding hydrogens is 230 g/mol. The lowest BCUT2D eigenvalue weighted by Crippen LogP contribution is -2.11. The highest BCUT2D eigenvalue weighted by Gasteiger charge is 2.11. The molecule has 1 aromatic rings. The van der Waals surface area contributed by atoms with E-state index in [1.54, 1.807) is 0 Å². The van der Waals surface area contributed by atoms with Crippen LogP contribution in [0.3, 0.4) is 0 Å². The third-order valence-electron chi connectivity index (χ3n) is 2.72. The van der Waals surface area contributed by atoms with E-state index in [1.165, 1.54) is 38.1 Å². The average molecular weight is 251 g/mol. The maximum atomic E-state index is 10.9. The summed E-state index contributed by atoms with van der Waals surface area (Å²) in [4.78, 5) is 18.7. The molecule has 1 heterocycles. The number of aromatic carboxylic acids is 1. The topological polar surface area (TPSA) is 75.1 Å². The molecule has 0 aliphatic rings. The largest absolute Gasteiger partial charge is 0.476 e. The Morgan fingerprint density at radius 2 is 1.83 bits per heavy atom. The minimum Gasteiger partial charge on any atom is -0.476 e. The molecule has 0 bridgehead atoms. The van der Waals surface area contributed by atoms with Gasteiger partial charge in [-0.05, 0) is 6.42 Å². The molecule has 0 amide bonds. The van der Waals surface area contributed by atoms with Gasteiger partial charge in [-0.1, -0.05) is 39.0 Å². The second-order valence-electron chi connectivity index (χ2n) is 4.25. The zero-order valence-electron chi connectivity index (χ0n) is 10.9. The second-order valence-corrected chi connectivity index (χ2v) is 4.25. The molecule has 0 aliphatic carbocycles. The van der Waals surface area contributed by atoms with Crippen LogP contribution in [-0.2, 0) is 0 Å². The smallest absolute Gasteiger partial charge is 0.358 e. The summed E-state index contributed by atoms with van der Waals surface area (Å²) in [5, 5.41) is 12.0. The molecule has 1 aromatic heterocycles. The van der Waals surface area contributed by atoms with Gasteiger partial charge in [0.25, 0.3) is 0 Å². The molecule has 5 nitrogen and oxygen atoms in total.